The van der Waals surface area contributed by atoms with Gasteiger partial charge in [-0.05, 0) is 25.2 Å². The summed E-state index contributed by atoms with van der Waals surface area (Å²) >= 11 is 0. The average Bonchev–Trinajstić information content (AvgIpc) is 2.97. The van der Waals surface area contributed by atoms with Gasteiger partial charge in [0.25, 0.3) is 0 Å². The minimum Gasteiger partial charge on any atom is -0.481 e. The van der Waals surface area contributed by atoms with E-state index >= 15 is 0 Å². The molecule has 6 nitrogen and oxygen atoms in total. The minimum absolute atomic E-state index is 0.203. The van der Waals surface area contributed by atoms with Crippen molar-refractivity contribution in [3.05, 3.63) is 0 Å². The first-order valence-corrected chi connectivity index (χ1v) is 8.42. The third-order valence-electron chi connectivity index (χ3n) is 4.75. The van der Waals surface area contributed by atoms with Gasteiger partial charge in [-0.2, -0.15) is 0 Å². The number of hydrogen-bond acceptors (Lipinski definition) is 5. The van der Waals surface area contributed by atoms with E-state index in [0.717, 1.165) is 12.8 Å². The maximum absolute atomic E-state index is 11.8. The van der Waals surface area contributed by atoms with Crippen molar-refractivity contribution in [2.45, 2.75) is 31.5 Å². The Kier molecular flexibility index (Phi) is 2.92. The first-order valence-electron chi connectivity index (χ1n) is 6.60. The fourth-order valence-corrected chi connectivity index (χ4v) is 5.66. The van der Waals surface area contributed by atoms with Gasteiger partial charge in [-0.25, -0.2) is 8.42 Å². The number of sulfone groups is 1. The highest BCUT2D eigenvalue weighted by atomic mass is 32.2. The Morgan fingerprint density at radius 3 is 2.42 bits per heavy atom. The van der Waals surface area contributed by atoms with Crippen LogP contribution in [-0.2, 0) is 19.4 Å². The Balaban J connectivity index is 1.99. The molecule has 0 spiro atoms. The van der Waals surface area contributed by atoms with Crippen LogP contribution in [0.4, 0.5) is 0 Å². The molecule has 0 amide bonds. The SMILES string of the molecule is O=C(O)C1(C2CS(=O)(=O)CC2O)CCOC1C1CC1. The Bertz CT molecular complexity index is 496. The van der Waals surface area contributed by atoms with Crippen LogP contribution in [0.15, 0.2) is 0 Å². The van der Waals surface area contributed by atoms with Gasteiger partial charge in [0, 0.05) is 12.5 Å². The Labute approximate surface area is 111 Å². The third kappa shape index (κ3) is 1.98. The number of rotatable bonds is 3. The fourth-order valence-electron chi connectivity index (χ4n) is 3.71. The van der Waals surface area contributed by atoms with Crippen molar-refractivity contribution in [1.29, 1.82) is 0 Å². The minimum atomic E-state index is -3.35. The molecule has 3 rings (SSSR count). The van der Waals surface area contributed by atoms with Gasteiger partial charge in [-0.15, -0.1) is 0 Å². The number of hydrogen-bond donors (Lipinski definition) is 2. The second-order valence-electron chi connectivity index (χ2n) is 5.98. The maximum Gasteiger partial charge on any atom is 0.312 e. The summed E-state index contributed by atoms with van der Waals surface area (Å²) in [6.07, 6.45) is 0.604. The summed E-state index contributed by atoms with van der Waals surface area (Å²) in [4.78, 5) is 11.8. The second-order valence-corrected chi connectivity index (χ2v) is 8.13. The van der Waals surface area contributed by atoms with Crippen LogP contribution >= 0.6 is 0 Å². The lowest BCUT2D eigenvalue weighted by atomic mass is 9.67. The lowest BCUT2D eigenvalue weighted by Gasteiger charge is -2.36. The third-order valence-corrected chi connectivity index (χ3v) is 6.47. The fraction of sp³-hybridized carbons (Fsp3) is 0.917. The van der Waals surface area contributed by atoms with E-state index in [1.165, 1.54) is 0 Å². The Morgan fingerprint density at radius 1 is 1.26 bits per heavy atom. The van der Waals surface area contributed by atoms with Gasteiger partial charge in [0.2, 0.25) is 0 Å². The van der Waals surface area contributed by atoms with E-state index in [1.54, 1.807) is 0 Å². The van der Waals surface area contributed by atoms with Gasteiger partial charge in [-0.3, -0.25) is 4.79 Å². The molecular formula is C12H18O6S. The average molecular weight is 290 g/mol. The standard InChI is InChI=1S/C12H18O6S/c13-9-6-19(16,17)5-8(9)12(11(14)15)3-4-18-10(12)7-1-2-7/h7-10,13H,1-6H2,(H,14,15). The van der Waals surface area contributed by atoms with E-state index in [4.69, 9.17) is 4.74 Å². The number of aliphatic carboxylic acids is 1. The zero-order chi connectivity index (χ0) is 13.8. The molecule has 2 N–H and O–H groups in total. The number of carbonyl (C=O) groups is 1. The normalized spacial score (nSPS) is 45.4. The summed E-state index contributed by atoms with van der Waals surface area (Å²) in [7, 11) is -3.35. The lowest BCUT2D eigenvalue weighted by molar-refractivity contribution is -0.160. The molecule has 19 heavy (non-hydrogen) atoms. The van der Waals surface area contributed by atoms with E-state index in [-0.39, 0.29) is 17.4 Å². The number of ether oxygens (including phenoxy) is 1. The van der Waals surface area contributed by atoms with Crippen molar-refractivity contribution in [1.82, 2.24) is 0 Å². The molecule has 2 heterocycles. The highest BCUT2D eigenvalue weighted by Gasteiger charge is 2.63. The number of carboxylic acid groups (broad SMARTS) is 1. The van der Waals surface area contributed by atoms with Gasteiger partial charge in [0.15, 0.2) is 9.84 Å². The predicted octanol–water partition coefficient (Wildman–Crippen LogP) is -0.338. The van der Waals surface area contributed by atoms with Gasteiger partial charge in [0.05, 0.1) is 23.7 Å². The predicted molar refractivity (Wildman–Crippen MR) is 65.3 cm³/mol. The molecule has 4 unspecified atom stereocenters. The van der Waals surface area contributed by atoms with E-state index in [2.05, 4.69) is 0 Å². The molecular weight excluding hydrogens is 272 g/mol. The smallest absolute Gasteiger partial charge is 0.312 e. The van der Waals surface area contributed by atoms with Gasteiger partial charge in [0.1, 0.15) is 5.41 Å². The van der Waals surface area contributed by atoms with E-state index in [1.807, 2.05) is 0 Å². The summed E-state index contributed by atoms with van der Waals surface area (Å²) in [5, 5.41) is 19.7. The van der Waals surface area contributed by atoms with Crippen LogP contribution in [-0.4, -0.2) is 54.9 Å². The van der Waals surface area contributed by atoms with Crippen molar-refractivity contribution in [2.24, 2.45) is 17.3 Å². The number of aliphatic hydroxyl groups excluding tert-OH is 1. The first-order chi connectivity index (χ1) is 8.87. The monoisotopic (exact) mass is 290 g/mol. The van der Waals surface area contributed by atoms with Crippen LogP contribution in [0.1, 0.15) is 19.3 Å². The molecule has 0 aromatic heterocycles. The number of aliphatic hydroxyl groups is 1. The van der Waals surface area contributed by atoms with Crippen molar-refractivity contribution >= 4 is 15.8 Å². The van der Waals surface area contributed by atoms with Crippen LogP contribution < -0.4 is 0 Å². The summed E-state index contributed by atoms with van der Waals surface area (Å²) in [6, 6.07) is 0. The molecule has 108 valence electrons. The molecule has 1 aliphatic carbocycles. The molecule has 0 radical (unpaired) electrons. The van der Waals surface area contributed by atoms with Crippen LogP contribution in [0.5, 0.6) is 0 Å². The molecule has 0 aromatic rings. The molecule has 2 aliphatic heterocycles. The van der Waals surface area contributed by atoms with Crippen molar-refractivity contribution < 1.29 is 28.2 Å². The molecule has 2 saturated heterocycles. The van der Waals surface area contributed by atoms with Crippen LogP contribution in [0.3, 0.4) is 0 Å². The second kappa shape index (κ2) is 4.17. The summed E-state index contributed by atoms with van der Waals surface area (Å²) in [5.74, 6) is -2.14. The zero-order valence-electron chi connectivity index (χ0n) is 10.5. The summed E-state index contributed by atoms with van der Waals surface area (Å²) in [5.41, 5.74) is -1.23. The summed E-state index contributed by atoms with van der Waals surface area (Å²) < 4.78 is 28.9. The molecule has 1 saturated carbocycles. The van der Waals surface area contributed by atoms with Crippen molar-refractivity contribution in [3.63, 3.8) is 0 Å². The molecule has 4 atom stereocenters. The molecule has 3 aliphatic rings. The first kappa shape index (κ1) is 13.3. The zero-order valence-corrected chi connectivity index (χ0v) is 11.3. The van der Waals surface area contributed by atoms with E-state index < -0.39 is 39.3 Å². The quantitative estimate of drug-likeness (QED) is 0.737. The molecule has 0 bridgehead atoms. The summed E-state index contributed by atoms with van der Waals surface area (Å²) in [6.45, 7) is 0.330. The molecule has 7 heteroatoms. The topological polar surface area (TPSA) is 101 Å². The molecule has 3 fully saturated rings. The van der Waals surface area contributed by atoms with Gasteiger partial charge in [-0.1, -0.05) is 0 Å². The Hall–Kier alpha value is -0.660. The van der Waals surface area contributed by atoms with Gasteiger partial charge >= 0.3 is 5.97 Å². The highest BCUT2D eigenvalue weighted by molar-refractivity contribution is 7.91. The van der Waals surface area contributed by atoms with E-state index in [9.17, 15) is 23.4 Å². The molecule has 0 aromatic carbocycles. The van der Waals surface area contributed by atoms with Gasteiger partial charge < -0.3 is 14.9 Å². The van der Waals surface area contributed by atoms with Crippen LogP contribution in [0, 0.1) is 17.3 Å². The maximum atomic E-state index is 11.8. The largest absolute Gasteiger partial charge is 0.481 e. The van der Waals surface area contributed by atoms with Crippen molar-refractivity contribution in [2.75, 3.05) is 18.1 Å². The van der Waals surface area contributed by atoms with E-state index in [0.29, 0.717) is 13.0 Å². The number of carboxylic acids is 1. The van der Waals surface area contributed by atoms with Crippen LogP contribution in [0.25, 0.3) is 0 Å². The van der Waals surface area contributed by atoms with Crippen LogP contribution in [0.2, 0.25) is 0 Å². The van der Waals surface area contributed by atoms with Crippen molar-refractivity contribution in [3.8, 4) is 0 Å². The highest BCUT2D eigenvalue weighted by Crippen LogP contribution is 2.54. The Morgan fingerprint density at radius 2 is 1.95 bits per heavy atom. The lowest BCUT2D eigenvalue weighted by Crippen LogP contribution is -2.50.